The summed E-state index contributed by atoms with van der Waals surface area (Å²) in [5, 5.41) is 9.17. The first-order valence-corrected chi connectivity index (χ1v) is 5.64. The van der Waals surface area contributed by atoms with Crippen molar-refractivity contribution in [3.8, 4) is 0 Å². The number of nitrogens with zero attached hydrogens (tertiary/aromatic N) is 1. The summed E-state index contributed by atoms with van der Waals surface area (Å²) in [4.78, 5) is 27.2. The number of hydrogen-bond donors (Lipinski definition) is 1. The molecule has 0 bridgehead atoms. The van der Waals surface area contributed by atoms with Crippen molar-refractivity contribution in [2.45, 2.75) is 39.7 Å². The first-order chi connectivity index (χ1) is 7.32. The van der Waals surface area contributed by atoms with E-state index in [2.05, 4.69) is 4.99 Å². The largest absolute Gasteiger partial charge is 0.480 e. The van der Waals surface area contributed by atoms with Crippen LogP contribution in [0.5, 0.6) is 0 Å². The molecule has 1 saturated carbocycles. The topological polar surface area (TPSA) is 66.7 Å². The lowest BCUT2D eigenvalue weighted by molar-refractivity contribution is -0.141. The van der Waals surface area contributed by atoms with Crippen LogP contribution in [0.25, 0.3) is 0 Å². The molecule has 2 rings (SSSR count). The number of ketones is 1. The van der Waals surface area contributed by atoms with Crippen molar-refractivity contribution in [3.63, 3.8) is 0 Å². The smallest absolute Gasteiger partial charge is 0.328 e. The number of aliphatic imine (C=N–C) groups is 1. The second-order valence-corrected chi connectivity index (χ2v) is 5.74. The van der Waals surface area contributed by atoms with E-state index in [4.69, 9.17) is 0 Å². The maximum absolute atomic E-state index is 11.8. The average Bonchev–Trinajstić information content (AvgIpc) is 2.64. The van der Waals surface area contributed by atoms with Crippen LogP contribution in [0, 0.1) is 17.3 Å². The summed E-state index contributed by atoms with van der Waals surface area (Å²) >= 11 is 0. The monoisotopic (exact) mass is 223 g/mol. The van der Waals surface area contributed by atoms with Gasteiger partial charge in [0.15, 0.2) is 6.04 Å². The van der Waals surface area contributed by atoms with Gasteiger partial charge in [-0.2, -0.15) is 0 Å². The number of carboxylic acid groups (broad SMARTS) is 1. The standard InChI is InChI=1S/C12H17NO3/c1-12(2,3)9-8-6(4-5-7(8)14)13-10(9)11(15)16/h8-10H,4-5H2,1-3H3,(H,15,16). The highest BCUT2D eigenvalue weighted by molar-refractivity contribution is 6.13. The van der Waals surface area contributed by atoms with Gasteiger partial charge in [-0.25, -0.2) is 4.79 Å². The summed E-state index contributed by atoms with van der Waals surface area (Å²) in [6, 6.07) is -0.732. The van der Waals surface area contributed by atoms with Crippen LogP contribution in [0.15, 0.2) is 4.99 Å². The fourth-order valence-electron chi connectivity index (χ4n) is 2.92. The van der Waals surface area contributed by atoms with E-state index in [1.165, 1.54) is 0 Å². The number of carbonyl (C=O) groups excluding carboxylic acids is 1. The van der Waals surface area contributed by atoms with Crippen molar-refractivity contribution in [1.29, 1.82) is 0 Å². The highest BCUT2D eigenvalue weighted by Crippen LogP contribution is 2.45. The third-order valence-corrected chi connectivity index (χ3v) is 3.59. The molecule has 3 atom stereocenters. The van der Waals surface area contributed by atoms with Crippen LogP contribution in [0.1, 0.15) is 33.6 Å². The van der Waals surface area contributed by atoms with Crippen LogP contribution in [-0.2, 0) is 9.59 Å². The van der Waals surface area contributed by atoms with Gasteiger partial charge in [0.1, 0.15) is 5.78 Å². The van der Waals surface area contributed by atoms with Crippen LogP contribution in [0.2, 0.25) is 0 Å². The van der Waals surface area contributed by atoms with Gasteiger partial charge < -0.3 is 5.11 Å². The van der Waals surface area contributed by atoms with E-state index in [1.807, 2.05) is 20.8 Å². The SMILES string of the molecule is CC(C)(C)C1C(C(=O)O)N=C2CCC(=O)C21. The van der Waals surface area contributed by atoms with Gasteiger partial charge in [-0.05, 0) is 11.8 Å². The fraction of sp³-hybridized carbons (Fsp3) is 0.750. The molecule has 4 heteroatoms. The van der Waals surface area contributed by atoms with Crippen molar-refractivity contribution in [2.75, 3.05) is 0 Å². The molecule has 3 unspecified atom stereocenters. The normalized spacial score (nSPS) is 33.8. The number of aliphatic carboxylic acids is 1. The predicted molar refractivity (Wildman–Crippen MR) is 59.5 cm³/mol. The zero-order valence-corrected chi connectivity index (χ0v) is 9.86. The van der Waals surface area contributed by atoms with Crippen LogP contribution >= 0.6 is 0 Å². The summed E-state index contributed by atoms with van der Waals surface area (Å²) in [6.07, 6.45) is 1.18. The van der Waals surface area contributed by atoms with Crippen LogP contribution in [-0.4, -0.2) is 28.6 Å². The van der Waals surface area contributed by atoms with E-state index in [1.54, 1.807) is 0 Å². The Hall–Kier alpha value is -1.19. The highest BCUT2D eigenvalue weighted by atomic mass is 16.4. The molecule has 16 heavy (non-hydrogen) atoms. The van der Waals surface area contributed by atoms with Crippen LogP contribution in [0.3, 0.4) is 0 Å². The Morgan fingerprint density at radius 2 is 2.00 bits per heavy atom. The Bertz CT molecular complexity index is 378. The lowest BCUT2D eigenvalue weighted by Crippen LogP contribution is -2.40. The average molecular weight is 223 g/mol. The summed E-state index contributed by atoms with van der Waals surface area (Å²) in [7, 11) is 0. The zero-order chi connectivity index (χ0) is 12.1. The third kappa shape index (κ3) is 1.56. The van der Waals surface area contributed by atoms with Crippen molar-refractivity contribution < 1.29 is 14.7 Å². The van der Waals surface area contributed by atoms with Gasteiger partial charge in [0.25, 0.3) is 0 Å². The van der Waals surface area contributed by atoms with Crippen molar-refractivity contribution >= 4 is 17.5 Å². The summed E-state index contributed by atoms with van der Waals surface area (Å²) in [6.45, 7) is 5.95. The van der Waals surface area contributed by atoms with Gasteiger partial charge in [0.05, 0.1) is 5.92 Å². The van der Waals surface area contributed by atoms with Gasteiger partial charge in [-0.1, -0.05) is 20.8 Å². The van der Waals surface area contributed by atoms with Crippen LogP contribution < -0.4 is 0 Å². The minimum absolute atomic E-state index is 0.169. The lowest BCUT2D eigenvalue weighted by Gasteiger charge is -2.32. The maximum Gasteiger partial charge on any atom is 0.328 e. The van der Waals surface area contributed by atoms with E-state index in [0.29, 0.717) is 12.8 Å². The molecule has 1 aliphatic heterocycles. The number of Topliss-reactive ketones (excluding diaryl/α,β-unsaturated/α-hetero) is 1. The molecular weight excluding hydrogens is 206 g/mol. The minimum atomic E-state index is -0.908. The second-order valence-electron chi connectivity index (χ2n) is 5.74. The molecule has 0 saturated heterocycles. The van der Waals surface area contributed by atoms with Gasteiger partial charge >= 0.3 is 5.97 Å². The van der Waals surface area contributed by atoms with E-state index in [0.717, 1.165) is 5.71 Å². The Kier molecular flexibility index (Phi) is 2.40. The van der Waals surface area contributed by atoms with Crippen molar-refractivity contribution in [3.05, 3.63) is 0 Å². The second kappa shape index (κ2) is 3.40. The number of hydrogen-bond acceptors (Lipinski definition) is 3. The molecule has 1 fully saturated rings. The molecular formula is C12H17NO3. The van der Waals surface area contributed by atoms with Crippen molar-refractivity contribution in [2.24, 2.45) is 22.2 Å². The Morgan fingerprint density at radius 1 is 1.38 bits per heavy atom. The minimum Gasteiger partial charge on any atom is -0.480 e. The third-order valence-electron chi connectivity index (χ3n) is 3.59. The molecule has 0 spiro atoms. The lowest BCUT2D eigenvalue weighted by atomic mass is 9.70. The van der Waals surface area contributed by atoms with E-state index >= 15 is 0 Å². The summed E-state index contributed by atoms with van der Waals surface area (Å²) < 4.78 is 0. The molecule has 0 radical (unpaired) electrons. The van der Waals surface area contributed by atoms with Gasteiger partial charge in [-0.3, -0.25) is 9.79 Å². The molecule has 88 valence electrons. The first kappa shape index (κ1) is 11.3. The Labute approximate surface area is 94.8 Å². The van der Waals surface area contributed by atoms with Crippen molar-refractivity contribution in [1.82, 2.24) is 0 Å². The number of carboxylic acids is 1. The highest BCUT2D eigenvalue weighted by Gasteiger charge is 2.52. The van der Waals surface area contributed by atoms with E-state index in [9.17, 15) is 14.7 Å². The van der Waals surface area contributed by atoms with E-state index < -0.39 is 12.0 Å². The maximum atomic E-state index is 11.8. The number of carbonyl (C=O) groups is 2. The quantitative estimate of drug-likeness (QED) is 0.733. The molecule has 1 heterocycles. The molecule has 1 aliphatic carbocycles. The molecule has 1 N–H and O–H groups in total. The molecule has 2 aliphatic rings. The zero-order valence-electron chi connectivity index (χ0n) is 9.86. The Morgan fingerprint density at radius 3 is 2.50 bits per heavy atom. The number of fused-ring (bicyclic) bond motifs is 1. The summed E-state index contributed by atoms with van der Waals surface area (Å²) in [5.41, 5.74) is 0.608. The molecule has 0 aromatic heterocycles. The predicted octanol–water partition coefficient (Wildman–Crippen LogP) is 1.54. The molecule has 4 nitrogen and oxygen atoms in total. The molecule has 0 aromatic rings. The van der Waals surface area contributed by atoms with Gasteiger partial charge in [0.2, 0.25) is 0 Å². The number of rotatable bonds is 1. The molecule has 0 aromatic carbocycles. The van der Waals surface area contributed by atoms with Gasteiger partial charge in [-0.15, -0.1) is 0 Å². The fourth-order valence-corrected chi connectivity index (χ4v) is 2.92. The van der Waals surface area contributed by atoms with E-state index in [-0.39, 0.29) is 23.0 Å². The Balaban J connectivity index is 2.40. The van der Waals surface area contributed by atoms with Crippen LogP contribution in [0.4, 0.5) is 0 Å². The summed E-state index contributed by atoms with van der Waals surface area (Å²) in [5.74, 6) is -1.16. The van der Waals surface area contributed by atoms with Gasteiger partial charge in [0, 0.05) is 18.1 Å². The molecule has 0 amide bonds. The first-order valence-electron chi connectivity index (χ1n) is 5.64.